The number of hydrogen-bond donors (Lipinski definition) is 1. The van der Waals surface area contributed by atoms with Crippen molar-refractivity contribution < 1.29 is 10.0 Å². The molecule has 0 saturated carbocycles. The lowest BCUT2D eigenvalue weighted by atomic mass is 9.96. The van der Waals surface area contributed by atoms with Gasteiger partial charge in [0.15, 0.2) is 0 Å². The van der Waals surface area contributed by atoms with E-state index in [1.165, 1.54) is 30.3 Å². The van der Waals surface area contributed by atoms with Crippen LogP contribution in [0.3, 0.4) is 0 Å². The molecule has 1 unspecified atom stereocenters. The molecule has 0 bridgehead atoms. The summed E-state index contributed by atoms with van der Waals surface area (Å²) in [5.74, 6) is 0. The second kappa shape index (κ2) is 4.09. The van der Waals surface area contributed by atoms with Gasteiger partial charge in [-0.05, 0) is 30.7 Å². The minimum atomic E-state index is -1.20. The van der Waals surface area contributed by atoms with Crippen LogP contribution in [0, 0.1) is 10.1 Å². The lowest BCUT2D eigenvalue weighted by molar-refractivity contribution is -0.384. The normalized spacial score (nSPS) is 13.7. The molecule has 0 aliphatic carbocycles. The number of benzene rings is 1. The van der Waals surface area contributed by atoms with E-state index >= 15 is 0 Å². The number of rotatable bonds is 3. The van der Waals surface area contributed by atoms with Crippen LogP contribution in [0.4, 0.5) is 5.69 Å². The second-order valence-electron chi connectivity index (χ2n) is 3.30. The molecule has 0 radical (unpaired) electrons. The van der Waals surface area contributed by atoms with Crippen LogP contribution >= 0.6 is 0 Å². The molecule has 0 heterocycles. The van der Waals surface area contributed by atoms with E-state index in [1.54, 1.807) is 6.92 Å². The minimum Gasteiger partial charge on any atom is -0.381 e. The molecule has 1 atom stereocenters. The Morgan fingerprint density at radius 1 is 1.53 bits per heavy atom. The lowest BCUT2D eigenvalue weighted by Gasteiger charge is -2.17. The molecule has 4 nitrogen and oxygen atoms in total. The third-order valence-electron chi connectivity index (χ3n) is 2.05. The molecule has 4 heteroatoms. The first kappa shape index (κ1) is 11.2. The van der Waals surface area contributed by atoms with Crippen LogP contribution in [0.2, 0.25) is 0 Å². The van der Waals surface area contributed by atoms with Crippen molar-refractivity contribution in [3.8, 4) is 0 Å². The van der Waals surface area contributed by atoms with Gasteiger partial charge in [0.05, 0.1) is 4.92 Å². The van der Waals surface area contributed by atoms with Gasteiger partial charge in [0, 0.05) is 12.1 Å². The van der Waals surface area contributed by atoms with Gasteiger partial charge in [-0.1, -0.05) is 6.58 Å². The molecular formula is C11H11NO3. The van der Waals surface area contributed by atoms with Gasteiger partial charge in [-0.3, -0.25) is 10.1 Å². The summed E-state index contributed by atoms with van der Waals surface area (Å²) >= 11 is 0. The van der Waals surface area contributed by atoms with E-state index < -0.39 is 10.5 Å². The van der Waals surface area contributed by atoms with Crippen molar-refractivity contribution in [1.82, 2.24) is 0 Å². The van der Waals surface area contributed by atoms with E-state index in [0.717, 1.165) is 0 Å². The first-order valence-corrected chi connectivity index (χ1v) is 4.31. The van der Waals surface area contributed by atoms with Crippen molar-refractivity contribution in [1.29, 1.82) is 0 Å². The lowest BCUT2D eigenvalue weighted by Crippen LogP contribution is -2.17. The van der Waals surface area contributed by atoms with Crippen LogP contribution in [0.1, 0.15) is 12.5 Å². The summed E-state index contributed by atoms with van der Waals surface area (Å²) in [7, 11) is 0. The summed E-state index contributed by atoms with van der Waals surface area (Å²) in [6.45, 7) is 4.93. The Morgan fingerprint density at radius 2 is 2.07 bits per heavy atom. The number of non-ortho nitro benzene ring substituents is 1. The van der Waals surface area contributed by atoms with Crippen molar-refractivity contribution in [2.24, 2.45) is 0 Å². The van der Waals surface area contributed by atoms with Crippen LogP contribution in [0.15, 0.2) is 42.7 Å². The zero-order valence-corrected chi connectivity index (χ0v) is 8.30. The Hall–Kier alpha value is -1.90. The van der Waals surface area contributed by atoms with Gasteiger partial charge < -0.3 is 5.11 Å². The summed E-state index contributed by atoms with van der Waals surface area (Å²) in [5, 5.41) is 20.3. The molecule has 0 aromatic heterocycles. The predicted octanol–water partition coefficient (Wildman–Crippen LogP) is 2.14. The monoisotopic (exact) mass is 205 g/mol. The molecule has 15 heavy (non-hydrogen) atoms. The number of nitro groups is 1. The Morgan fingerprint density at radius 3 is 2.47 bits per heavy atom. The summed E-state index contributed by atoms with van der Waals surface area (Å²) in [6.07, 6.45) is 1.40. The van der Waals surface area contributed by atoms with Crippen LogP contribution in [-0.2, 0) is 5.60 Å². The molecule has 1 N–H and O–H groups in total. The van der Waals surface area contributed by atoms with Crippen molar-refractivity contribution in [3.05, 3.63) is 58.3 Å². The topological polar surface area (TPSA) is 63.4 Å². The third kappa shape index (κ3) is 2.53. The molecule has 1 rings (SSSR count). The zero-order valence-electron chi connectivity index (χ0n) is 8.30. The Balaban J connectivity index is 3.08. The van der Waals surface area contributed by atoms with Gasteiger partial charge in [-0.15, -0.1) is 5.73 Å². The highest BCUT2D eigenvalue weighted by Gasteiger charge is 2.19. The molecule has 0 spiro atoms. The molecule has 0 amide bonds. The highest BCUT2D eigenvalue weighted by molar-refractivity contribution is 5.36. The predicted molar refractivity (Wildman–Crippen MR) is 56.4 cm³/mol. The standard InChI is InChI=1S/C11H11NO3/c1-3-8-11(2,13)9-4-6-10(7-5-9)12(14)15/h4-8,13H,1H2,2H3. The molecule has 1 aromatic rings. The van der Waals surface area contributed by atoms with E-state index in [1.807, 2.05) is 0 Å². The maximum absolute atomic E-state index is 10.4. The number of nitrogens with zero attached hydrogens (tertiary/aromatic N) is 1. The van der Waals surface area contributed by atoms with E-state index in [9.17, 15) is 15.2 Å². The Bertz CT molecular complexity index is 414. The summed E-state index contributed by atoms with van der Waals surface area (Å²) in [4.78, 5) is 9.92. The van der Waals surface area contributed by atoms with Crippen LogP contribution in [0.5, 0.6) is 0 Å². The fourth-order valence-electron chi connectivity index (χ4n) is 1.20. The molecule has 78 valence electrons. The maximum Gasteiger partial charge on any atom is 0.269 e. The molecule has 0 fully saturated rings. The van der Waals surface area contributed by atoms with Crippen LogP contribution < -0.4 is 0 Å². The molecular weight excluding hydrogens is 194 g/mol. The van der Waals surface area contributed by atoms with Gasteiger partial charge in [-0.2, -0.15) is 0 Å². The highest BCUT2D eigenvalue weighted by Crippen LogP contribution is 2.23. The van der Waals surface area contributed by atoms with Gasteiger partial charge in [0.2, 0.25) is 0 Å². The quantitative estimate of drug-likeness (QED) is 0.467. The third-order valence-corrected chi connectivity index (χ3v) is 2.05. The van der Waals surface area contributed by atoms with E-state index in [4.69, 9.17) is 0 Å². The van der Waals surface area contributed by atoms with E-state index in [-0.39, 0.29) is 5.69 Å². The van der Waals surface area contributed by atoms with Crippen LogP contribution in [0.25, 0.3) is 0 Å². The minimum absolute atomic E-state index is 0.00265. The van der Waals surface area contributed by atoms with E-state index in [2.05, 4.69) is 12.3 Å². The van der Waals surface area contributed by atoms with Gasteiger partial charge in [0.1, 0.15) is 5.60 Å². The fraction of sp³-hybridized carbons (Fsp3) is 0.182. The summed E-state index contributed by atoms with van der Waals surface area (Å²) < 4.78 is 0. The molecule has 1 aromatic carbocycles. The van der Waals surface area contributed by atoms with Crippen molar-refractivity contribution >= 4 is 5.69 Å². The van der Waals surface area contributed by atoms with Crippen molar-refractivity contribution in [2.75, 3.05) is 0 Å². The Kier molecular flexibility index (Phi) is 3.04. The van der Waals surface area contributed by atoms with Crippen molar-refractivity contribution in [2.45, 2.75) is 12.5 Å². The molecule has 0 aliphatic heterocycles. The number of hydrogen-bond acceptors (Lipinski definition) is 3. The maximum atomic E-state index is 10.4. The number of aliphatic hydroxyl groups is 1. The zero-order chi connectivity index (χ0) is 11.5. The van der Waals surface area contributed by atoms with E-state index in [0.29, 0.717) is 5.56 Å². The van der Waals surface area contributed by atoms with Crippen molar-refractivity contribution in [3.63, 3.8) is 0 Å². The average Bonchev–Trinajstić information content (AvgIpc) is 2.18. The fourth-order valence-corrected chi connectivity index (χ4v) is 1.20. The second-order valence-corrected chi connectivity index (χ2v) is 3.30. The van der Waals surface area contributed by atoms with Gasteiger partial charge >= 0.3 is 0 Å². The molecule has 0 saturated heterocycles. The average molecular weight is 205 g/mol. The summed E-state index contributed by atoms with van der Waals surface area (Å²) in [6, 6.07) is 5.71. The first-order valence-electron chi connectivity index (χ1n) is 4.31. The SMILES string of the molecule is C=C=CC(C)(O)c1ccc([N+](=O)[O-])cc1. The van der Waals surface area contributed by atoms with Gasteiger partial charge in [0.25, 0.3) is 5.69 Å². The molecule has 0 aliphatic rings. The largest absolute Gasteiger partial charge is 0.381 e. The highest BCUT2D eigenvalue weighted by atomic mass is 16.6. The Labute approximate surface area is 87.3 Å². The first-order chi connectivity index (χ1) is 6.97. The smallest absolute Gasteiger partial charge is 0.269 e. The van der Waals surface area contributed by atoms with Crippen LogP contribution in [-0.4, -0.2) is 10.0 Å². The number of nitro benzene ring substituents is 1. The van der Waals surface area contributed by atoms with Gasteiger partial charge in [-0.25, -0.2) is 0 Å². The summed E-state index contributed by atoms with van der Waals surface area (Å²) in [5.41, 5.74) is 1.84.